The van der Waals surface area contributed by atoms with Gasteiger partial charge < -0.3 is 15.3 Å². The molecule has 1 saturated heterocycles. The maximum Gasteiger partial charge on any atom is 0.322 e. The number of carboxylic acids is 1. The zero-order chi connectivity index (χ0) is 15.2. The number of carbonyl (C=O) groups excluding carboxylic acids is 1. The molecule has 5 nitrogen and oxygen atoms in total. The average molecular weight is 308 g/mol. The molecule has 2 rings (SSSR count). The molecule has 1 aromatic rings. The quantitative estimate of drug-likeness (QED) is 0.897. The van der Waals surface area contributed by atoms with Crippen molar-refractivity contribution in [3.05, 3.63) is 29.8 Å². The number of hydrogen-bond acceptors (Lipinski definition) is 3. The van der Waals surface area contributed by atoms with E-state index in [4.69, 9.17) is 5.11 Å². The van der Waals surface area contributed by atoms with Crippen LogP contribution in [0, 0.1) is 0 Å². The largest absolute Gasteiger partial charge is 0.481 e. The van der Waals surface area contributed by atoms with Gasteiger partial charge in [-0.15, -0.1) is 0 Å². The van der Waals surface area contributed by atoms with Crippen molar-refractivity contribution in [2.45, 2.75) is 25.8 Å². The third-order valence-corrected chi connectivity index (χ3v) is 4.65. The predicted octanol–water partition coefficient (Wildman–Crippen LogP) is 2.67. The number of thioether (sulfide) groups is 1. The molecule has 2 N–H and O–H groups in total. The molecule has 0 saturated carbocycles. The molecule has 1 fully saturated rings. The monoisotopic (exact) mass is 308 g/mol. The average Bonchev–Trinajstić information content (AvgIpc) is 2.47. The first-order valence-corrected chi connectivity index (χ1v) is 8.18. The van der Waals surface area contributed by atoms with Gasteiger partial charge in [-0.25, -0.2) is 4.79 Å². The summed E-state index contributed by atoms with van der Waals surface area (Å²) in [6.45, 7) is 2.83. The van der Waals surface area contributed by atoms with Gasteiger partial charge in [-0.2, -0.15) is 11.8 Å². The number of amides is 2. The molecule has 1 aromatic carbocycles. The first-order chi connectivity index (χ1) is 10.1. The molecule has 0 spiro atoms. The van der Waals surface area contributed by atoms with Crippen molar-refractivity contribution in [3.8, 4) is 0 Å². The maximum absolute atomic E-state index is 12.2. The Kier molecular flexibility index (Phi) is 5.50. The molecule has 21 heavy (non-hydrogen) atoms. The fourth-order valence-electron chi connectivity index (χ4n) is 2.23. The highest BCUT2D eigenvalue weighted by Gasteiger charge is 2.23. The van der Waals surface area contributed by atoms with Crippen LogP contribution < -0.4 is 5.32 Å². The number of aliphatic carboxylic acids is 1. The minimum Gasteiger partial charge on any atom is -0.481 e. The van der Waals surface area contributed by atoms with Crippen LogP contribution in [0.15, 0.2) is 24.3 Å². The third kappa shape index (κ3) is 4.67. The lowest BCUT2D eigenvalue weighted by molar-refractivity contribution is -0.136. The van der Waals surface area contributed by atoms with Gasteiger partial charge in [-0.1, -0.05) is 12.1 Å². The van der Waals surface area contributed by atoms with Crippen molar-refractivity contribution in [2.24, 2.45) is 0 Å². The van der Waals surface area contributed by atoms with E-state index in [2.05, 4.69) is 12.2 Å². The summed E-state index contributed by atoms with van der Waals surface area (Å²) in [4.78, 5) is 24.6. The fourth-order valence-corrected chi connectivity index (χ4v) is 3.24. The molecule has 0 bridgehead atoms. The molecule has 1 aliphatic rings. The third-order valence-electron chi connectivity index (χ3n) is 3.46. The molecule has 2 amide bonds. The minimum absolute atomic E-state index is 0.0684. The van der Waals surface area contributed by atoms with Gasteiger partial charge in [0, 0.05) is 36.2 Å². The Hall–Kier alpha value is -1.69. The van der Waals surface area contributed by atoms with Crippen LogP contribution in [0.2, 0.25) is 0 Å². The molecule has 1 aliphatic heterocycles. The molecule has 6 heteroatoms. The number of rotatable bonds is 4. The standard InChI is InChI=1S/C15H20N2O3S/c1-11-10-21-9-8-17(11)15(20)16-13-5-2-12(3-6-13)4-7-14(18)19/h2-3,5-6,11H,4,7-10H2,1H3,(H,16,20)(H,18,19). The van der Waals surface area contributed by atoms with E-state index in [1.54, 1.807) is 0 Å². The summed E-state index contributed by atoms with van der Waals surface area (Å²) in [5.74, 6) is 1.15. The summed E-state index contributed by atoms with van der Waals surface area (Å²) in [5, 5.41) is 11.5. The van der Waals surface area contributed by atoms with Gasteiger partial charge in [-0.3, -0.25) is 4.79 Å². The van der Waals surface area contributed by atoms with Crippen LogP contribution in [0.5, 0.6) is 0 Å². The highest BCUT2D eigenvalue weighted by molar-refractivity contribution is 7.99. The van der Waals surface area contributed by atoms with Crippen LogP contribution >= 0.6 is 11.8 Å². The lowest BCUT2D eigenvalue weighted by Crippen LogP contribution is -2.46. The summed E-state index contributed by atoms with van der Waals surface area (Å²) in [7, 11) is 0. The highest BCUT2D eigenvalue weighted by atomic mass is 32.2. The normalized spacial score (nSPS) is 18.3. The van der Waals surface area contributed by atoms with Gasteiger partial charge in [0.05, 0.1) is 0 Å². The molecular weight excluding hydrogens is 288 g/mol. The van der Waals surface area contributed by atoms with E-state index >= 15 is 0 Å². The van der Waals surface area contributed by atoms with E-state index in [0.29, 0.717) is 6.42 Å². The second-order valence-electron chi connectivity index (χ2n) is 5.14. The van der Waals surface area contributed by atoms with Crippen LogP contribution in [0.1, 0.15) is 18.9 Å². The van der Waals surface area contributed by atoms with Gasteiger partial charge in [0.15, 0.2) is 0 Å². The molecule has 0 aliphatic carbocycles. The van der Waals surface area contributed by atoms with Crippen LogP contribution in [0.4, 0.5) is 10.5 Å². The number of nitrogens with one attached hydrogen (secondary N) is 1. The first-order valence-electron chi connectivity index (χ1n) is 7.02. The predicted molar refractivity (Wildman–Crippen MR) is 84.9 cm³/mol. The van der Waals surface area contributed by atoms with Crippen molar-refractivity contribution < 1.29 is 14.7 Å². The Bertz CT molecular complexity index is 504. The molecule has 0 radical (unpaired) electrons. The van der Waals surface area contributed by atoms with Gasteiger partial charge in [0.25, 0.3) is 0 Å². The number of hydrogen-bond donors (Lipinski definition) is 2. The van der Waals surface area contributed by atoms with Crippen LogP contribution in [-0.2, 0) is 11.2 Å². The Balaban J connectivity index is 1.90. The topological polar surface area (TPSA) is 69.6 Å². The second-order valence-corrected chi connectivity index (χ2v) is 6.29. The van der Waals surface area contributed by atoms with E-state index in [-0.39, 0.29) is 18.5 Å². The Morgan fingerprint density at radius 1 is 1.38 bits per heavy atom. The molecule has 0 aromatic heterocycles. The Labute approximate surface area is 128 Å². The zero-order valence-corrected chi connectivity index (χ0v) is 12.9. The first kappa shape index (κ1) is 15.7. The molecule has 1 unspecified atom stereocenters. The summed E-state index contributed by atoms with van der Waals surface area (Å²) >= 11 is 1.87. The number of nitrogens with zero attached hydrogens (tertiary/aromatic N) is 1. The number of carboxylic acid groups (broad SMARTS) is 1. The Morgan fingerprint density at radius 3 is 2.71 bits per heavy atom. The summed E-state index contributed by atoms with van der Waals surface area (Å²) in [6.07, 6.45) is 0.624. The number of urea groups is 1. The lowest BCUT2D eigenvalue weighted by atomic mass is 10.1. The van der Waals surface area contributed by atoms with Crippen LogP contribution in [0.25, 0.3) is 0 Å². The van der Waals surface area contributed by atoms with E-state index < -0.39 is 5.97 Å². The number of benzene rings is 1. The molecular formula is C15H20N2O3S. The van der Waals surface area contributed by atoms with Crippen molar-refractivity contribution in [2.75, 3.05) is 23.4 Å². The van der Waals surface area contributed by atoms with Crippen molar-refractivity contribution in [1.29, 1.82) is 0 Å². The van der Waals surface area contributed by atoms with Crippen molar-refractivity contribution >= 4 is 29.4 Å². The lowest BCUT2D eigenvalue weighted by Gasteiger charge is -2.33. The number of aryl methyl sites for hydroxylation is 1. The van der Waals surface area contributed by atoms with Crippen molar-refractivity contribution in [3.63, 3.8) is 0 Å². The van der Waals surface area contributed by atoms with Crippen LogP contribution in [0.3, 0.4) is 0 Å². The van der Waals surface area contributed by atoms with Gasteiger partial charge in [-0.05, 0) is 31.0 Å². The highest BCUT2D eigenvalue weighted by Crippen LogP contribution is 2.18. The number of anilines is 1. The smallest absolute Gasteiger partial charge is 0.322 e. The second kappa shape index (κ2) is 7.36. The summed E-state index contributed by atoms with van der Waals surface area (Å²) in [5.41, 5.74) is 1.70. The maximum atomic E-state index is 12.2. The zero-order valence-electron chi connectivity index (χ0n) is 12.0. The van der Waals surface area contributed by atoms with Gasteiger partial charge >= 0.3 is 12.0 Å². The van der Waals surface area contributed by atoms with Crippen LogP contribution in [-0.4, -0.2) is 46.1 Å². The SMILES string of the molecule is CC1CSCCN1C(=O)Nc1ccc(CCC(=O)O)cc1. The molecule has 1 heterocycles. The van der Waals surface area contributed by atoms with Crippen molar-refractivity contribution in [1.82, 2.24) is 4.90 Å². The minimum atomic E-state index is -0.802. The number of carbonyl (C=O) groups is 2. The fraction of sp³-hybridized carbons (Fsp3) is 0.467. The van der Waals surface area contributed by atoms with E-state index in [9.17, 15) is 9.59 Å². The van der Waals surface area contributed by atoms with E-state index in [0.717, 1.165) is 29.3 Å². The van der Waals surface area contributed by atoms with Gasteiger partial charge in [0.1, 0.15) is 0 Å². The van der Waals surface area contributed by atoms with E-state index in [1.807, 2.05) is 40.9 Å². The summed E-state index contributed by atoms with van der Waals surface area (Å²) in [6, 6.07) is 7.53. The summed E-state index contributed by atoms with van der Waals surface area (Å²) < 4.78 is 0. The Morgan fingerprint density at radius 2 is 2.10 bits per heavy atom. The van der Waals surface area contributed by atoms with E-state index in [1.165, 1.54) is 0 Å². The van der Waals surface area contributed by atoms with Gasteiger partial charge in [0.2, 0.25) is 0 Å². The molecule has 114 valence electrons. The molecule has 1 atom stereocenters.